The second-order valence-corrected chi connectivity index (χ2v) is 2.83. The highest BCUT2D eigenvalue weighted by Gasteiger charge is 1.89. The molecule has 0 radical (unpaired) electrons. The molecule has 1 aromatic heterocycles. The van der Waals surface area contributed by atoms with E-state index >= 15 is 0 Å². The van der Waals surface area contributed by atoms with Gasteiger partial charge < -0.3 is 0 Å². The van der Waals surface area contributed by atoms with E-state index in [9.17, 15) is 0 Å². The minimum atomic E-state index is 0.422. The van der Waals surface area contributed by atoms with Gasteiger partial charge in [0.1, 0.15) is 5.15 Å². The molecule has 0 saturated heterocycles. The van der Waals surface area contributed by atoms with Crippen LogP contribution >= 0.6 is 11.6 Å². The van der Waals surface area contributed by atoms with E-state index in [1.807, 2.05) is 38.2 Å². The second kappa shape index (κ2) is 4.77. The molecule has 1 rings (SSSR count). The third kappa shape index (κ3) is 2.67. The van der Waals surface area contributed by atoms with Crippen molar-refractivity contribution in [2.24, 2.45) is 0 Å². The van der Waals surface area contributed by atoms with Crippen molar-refractivity contribution in [1.82, 2.24) is 9.97 Å². The van der Waals surface area contributed by atoms with E-state index in [1.54, 1.807) is 6.20 Å². The summed E-state index contributed by atoms with van der Waals surface area (Å²) in [5, 5.41) is 2.07. The van der Waals surface area contributed by atoms with Gasteiger partial charge in [0.2, 0.25) is 0 Å². The van der Waals surface area contributed by atoms with Crippen LogP contribution in [-0.4, -0.2) is 9.97 Å². The zero-order valence-electron chi connectivity index (χ0n) is 7.66. The van der Waals surface area contributed by atoms with E-state index in [2.05, 4.69) is 9.97 Å². The van der Waals surface area contributed by atoms with Crippen molar-refractivity contribution >= 4 is 23.8 Å². The highest BCUT2D eigenvalue weighted by atomic mass is 35.5. The Kier molecular flexibility index (Phi) is 3.65. The van der Waals surface area contributed by atoms with Crippen molar-refractivity contribution in [2.75, 3.05) is 0 Å². The van der Waals surface area contributed by atoms with Crippen molar-refractivity contribution in [3.63, 3.8) is 0 Å². The van der Waals surface area contributed by atoms with Gasteiger partial charge in [0.05, 0.1) is 16.9 Å². The van der Waals surface area contributed by atoms with Gasteiger partial charge in [-0.1, -0.05) is 29.8 Å². The average Bonchev–Trinajstić information content (AvgIpc) is 2.16. The molecule has 0 aliphatic rings. The zero-order valence-corrected chi connectivity index (χ0v) is 8.42. The van der Waals surface area contributed by atoms with Crippen LogP contribution in [0, 0.1) is 0 Å². The Morgan fingerprint density at radius 3 is 2.69 bits per heavy atom. The molecule has 0 aromatic carbocycles. The van der Waals surface area contributed by atoms with Gasteiger partial charge in [0.15, 0.2) is 0 Å². The van der Waals surface area contributed by atoms with Crippen molar-refractivity contribution in [2.45, 2.75) is 13.8 Å². The summed E-state index contributed by atoms with van der Waals surface area (Å²) in [7, 11) is 0. The number of nitrogens with zero attached hydrogens (tertiary/aromatic N) is 2. The smallest absolute Gasteiger partial charge is 0.148 e. The molecule has 0 N–H and O–H groups in total. The first-order valence-corrected chi connectivity index (χ1v) is 4.43. The topological polar surface area (TPSA) is 25.8 Å². The molecular formula is C10H11ClN2. The first-order chi connectivity index (χ1) is 6.27. The molecule has 1 aromatic rings. The van der Waals surface area contributed by atoms with Gasteiger partial charge in [-0.3, -0.25) is 4.98 Å². The lowest BCUT2D eigenvalue weighted by molar-refractivity contribution is 1.10. The Morgan fingerprint density at radius 2 is 2.08 bits per heavy atom. The van der Waals surface area contributed by atoms with E-state index in [1.165, 1.54) is 0 Å². The molecule has 0 aliphatic carbocycles. The van der Waals surface area contributed by atoms with E-state index in [-0.39, 0.29) is 0 Å². The van der Waals surface area contributed by atoms with Crippen LogP contribution in [0.25, 0.3) is 12.2 Å². The quantitative estimate of drug-likeness (QED) is 0.674. The minimum Gasteiger partial charge on any atom is -0.251 e. The molecule has 0 bridgehead atoms. The molecule has 0 saturated carbocycles. The minimum absolute atomic E-state index is 0.422. The van der Waals surface area contributed by atoms with E-state index in [0.29, 0.717) is 5.15 Å². The Balaban J connectivity index is 3.39. The predicted octanol–water partition coefficient (Wildman–Crippen LogP) is 1.29. The van der Waals surface area contributed by atoms with E-state index < -0.39 is 0 Å². The van der Waals surface area contributed by atoms with Crippen LogP contribution < -0.4 is 10.7 Å². The number of aromatic nitrogens is 2. The first-order valence-electron chi connectivity index (χ1n) is 4.06. The average molecular weight is 195 g/mol. The largest absolute Gasteiger partial charge is 0.251 e. The number of hydrogen-bond acceptors (Lipinski definition) is 2. The van der Waals surface area contributed by atoms with Crippen molar-refractivity contribution in [3.8, 4) is 0 Å². The fourth-order valence-electron chi connectivity index (χ4n) is 0.918. The lowest BCUT2D eigenvalue weighted by Crippen LogP contribution is -2.30. The molecule has 0 amide bonds. The molecule has 1 heterocycles. The number of allylic oxidation sites excluding steroid dienone is 2. The molecule has 0 unspecified atom stereocenters. The third-order valence-electron chi connectivity index (χ3n) is 1.52. The Morgan fingerprint density at radius 1 is 1.31 bits per heavy atom. The highest BCUT2D eigenvalue weighted by Crippen LogP contribution is 1.92. The monoisotopic (exact) mass is 194 g/mol. The highest BCUT2D eigenvalue weighted by molar-refractivity contribution is 6.29. The summed E-state index contributed by atoms with van der Waals surface area (Å²) in [6, 6.07) is 0. The molecular weight excluding hydrogens is 184 g/mol. The fraction of sp³-hybridized carbons (Fsp3) is 0.200. The van der Waals surface area contributed by atoms with Gasteiger partial charge in [-0.2, -0.15) is 0 Å². The van der Waals surface area contributed by atoms with Crippen LogP contribution in [0.3, 0.4) is 0 Å². The lowest BCUT2D eigenvalue weighted by Gasteiger charge is -1.89. The maximum Gasteiger partial charge on any atom is 0.148 e. The van der Waals surface area contributed by atoms with Crippen molar-refractivity contribution in [1.29, 1.82) is 0 Å². The van der Waals surface area contributed by atoms with Crippen molar-refractivity contribution in [3.05, 3.63) is 34.2 Å². The van der Waals surface area contributed by atoms with Crippen molar-refractivity contribution < 1.29 is 0 Å². The molecule has 3 heteroatoms. The van der Waals surface area contributed by atoms with Crippen LogP contribution in [0.1, 0.15) is 13.8 Å². The van der Waals surface area contributed by atoms with Crippen LogP contribution in [0.5, 0.6) is 0 Å². The van der Waals surface area contributed by atoms with Crippen LogP contribution in [-0.2, 0) is 0 Å². The third-order valence-corrected chi connectivity index (χ3v) is 1.70. The normalized spacial score (nSPS) is 14.4. The molecule has 2 nitrogen and oxygen atoms in total. The lowest BCUT2D eigenvalue weighted by atomic mass is 10.4. The van der Waals surface area contributed by atoms with Crippen LogP contribution in [0.15, 0.2) is 18.3 Å². The summed E-state index contributed by atoms with van der Waals surface area (Å²) >= 11 is 5.70. The van der Waals surface area contributed by atoms with Gasteiger partial charge in [-0.15, -0.1) is 0 Å². The molecule has 0 fully saturated rings. The van der Waals surface area contributed by atoms with Gasteiger partial charge in [0.25, 0.3) is 0 Å². The molecule has 68 valence electrons. The fourth-order valence-corrected chi connectivity index (χ4v) is 1.06. The summed E-state index contributed by atoms with van der Waals surface area (Å²) in [5.41, 5.74) is 0. The summed E-state index contributed by atoms with van der Waals surface area (Å²) in [4.78, 5) is 8.28. The Bertz CT molecular complexity index is 421. The number of rotatable bonds is 1. The van der Waals surface area contributed by atoms with E-state index in [4.69, 9.17) is 11.6 Å². The standard InChI is InChI=1S/C10H11ClN2/c1-3-5-6-9-8(4-2)13-10(11)7-12-9/h3-7H,1-2H3/b5-3-,8-4+,9-6+. The Labute approximate surface area is 82.3 Å². The maximum atomic E-state index is 5.70. The predicted molar refractivity (Wildman–Crippen MR) is 55.7 cm³/mol. The first kappa shape index (κ1) is 9.93. The molecule has 13 heavy (non-hydrogen) atoms. The summed E-state index contributed by atoms with van der Waals surface area (Å²) < 4.78 is 0. The number of halogens is 1. The summed E-state index contributed by atoms with van der Waals surface area (Å²) in [5.74, 6) is 0. The molecule has 0 spiro atoms. The SMILES string of the molecule is C\C=C/C=c1/ncc(Cl)n/c1=C/C. The summed E-state index contributed by atoms with van der Waals surface area (Å²) in [6.45, 7) is 3.86. The number of hydrogen-bond donors (Lipinski definition) is 0. The van der Waals surface area contributed by atoms with Gasteiger partial charge in [-0.25, -0.2) is 4.98 Å². The van der Waals surface area contributed by atoms with E-state index in [0.717, 1.165) is 10.7 Å². The molecule has 0 atom stereocenters. The zero-order chi connectivity index (χ0) is 9.68. The van der Waals surface area contributed by atoms with Gasteiger partial charge >= 0.3 is 0 Å². The van der Waals surface area contributed by atoms with Crippen LogP contribution in [0.4, 0.5) is 0 Å². The van der Waals surface area contributed by atoms with Crippen LogP contribution in [0.2, 0.25) is 5.15 Å². The second-order valence-electron chi connectivity index (χ2n) is 2.44. The summed E-state index contributed by atoms with van der Waals surface area (Å²) in [6.07, 6.45) is 9.19. The molecule has 0 aliphatic heterocycles. The maximum absolute atomic E-state index is 5.70. The van der Waals surface area contributed by atoms with Gasteiger partial charge in [0, 0.05) is 0 Å². The van der Waals surface area contributed by atoms with Gasteiger partial charge in [-0.05, 0) is 19.9 Å². The Hall–Kier alpha value is -1.15.